The molecule has 2 rings (SSSR count). The fourth-order valence-electron chi connectivity index (χ4n) is 1.98. The maximum absolute atomic E-state index is 4.48. The van der Waals surface area contributed by atoms with E-state index in [9.17, 15) is 0 Å². The lowest BCUT2D eigenvalue weighted by molar-refractivity contribution is 0.425. The molecule has 1 heterocycles. The van der Waals surface area contributed by atoms with Crippen molar-refractivity contribution < 1.29 is 0 Å². The van der Waals surface area contributed by atoms with Crippen LogP contribution in [0.5, 0.6) is 0 Å². The van der Waals surface area contributed by atoms with Gasteiger partial charge in [-0.3, -0.25) is 0 Å². The summed E-state index contributed by atoms with van der Waals surface area (Å²) in [7, 11) is 4.14. The lowest BCUT2D eigenvalue weighted by Gasteiger charge is -2.12. The van der Waals surface area contributed by atoms with Gasteiger partial charge >= 0.3 is 0 Å². The molecule has 0 aliphatic rings. The van der Waals surface area contributed by atoms with Gasteiger partial charge in [-0.05, 0) is 50.5 Å². The van der Waals surface area contributed by atoms with E-state index in [-0.39, 0.29) is 0 Å². The highest BCUT2D eigenvalue weighted by Crippen LogP contribution is 2.22. The van der Waals surface area contributed by atoms with E-state index in [1.807, 2.05) is 6.20 Å². The average Bonchev–Trinajstić information content (AvgIpc) is 2.33. The van der Waals surface area contributed by atoms with Crippen LogP contribution in [0, 0.1) is 13.8 Å². The molecule has 1 N–H and O–H groups in total. The van der Waals surface area contributed by atoms with Crippen LogP contribution in [0.1, 0.15) is 11.1 Å². The SMILES string of the molecule is Cc1ccc2cc(NCCN(C)C)ncc2c1C. The van der Waals surface area contributed by atoms with E-state index in [0.29, 0.717) is 0 Å². The smallest absolute Gasteiger partial charge is 0.126 e. The molecular formula is C15H21N3. The minimum atomic E-state index is 0.913. The summed E-state index contributed by atoms with van der Waals surface area (Å²) in [4.78, 5) is 6.63. The van der Waals surface area contributed by atoms with Crippen LogP contribution >= 0.6 is 0 Å². The third-order valence-electron chi connectivity index (χ3n) is 3.31. The zero-order chi connectivity index (χ0) is 13.1. The van der Waals surface area contributed by atoms with Crippen LogP contribution in [0.15, 0.2) is 24.4 Å². The first kappa shape index (κ1) is 12.8. The molecule has 0 fully saturated rings. The number of aryl methyl sites for hydroxylation is 2. The first-order chi connectivity index (χ1) is 8.58. The molecule has 3 nitrogen and oxygen atoms in total. The van der Waals surface area contributed by atoms with Gasteiger partial charge in [0.15, 0.2) is 0 Å². The van der Waals surface area contributed by atoms with E-state index in [2.05, 4.69) is 61.3 Å². The van der Waals surface area contributed by atoms with Crippen molar-refractivity contribution in [3.63, 3.8) is 0 Å². The molecule has 0 bridgehead atoms. The number of nitrogens with one attached hydrogen (secondary N) is 1. The molecular weight excluding hydrogens is 222 g/mol. The van der Waals surface area contributed by atoms with Crippen LogP contribution in [0.25, 0.3) is 10.8 Å². The molecule has 3 heteroatoms. The van der Waals surface area contributed by atoms with Crippen molar-refractivity contribution in [3.8, 4) is 0 Å². The number of hydrogen-bond acceptors (Lipinski definition) is 3. The van der Waals surface area contributed by atoms with E-state index >= 15 is 0 Å². The average molecular weight is 243 g/mol. The monoisotopic (exact) mass is 243 g/mol. The number of aromatic nitrogens is 1. The molecule has 18 heavy (non-hydrogen) atoms. The van der Waals surface area contributed by atoms with Crippen molar-refractivity contribution in [1.29, 1.82) is 0 Å². The van der Waals surface area contributed by atoms with E-state index < -0.39 is 0 Å². The van der Waals surface area contributed by atoms with Crippen molar-refractivity contribution in [2.24, 2.45) is 0 Å². The van der Waals surface area contributed by atoms with Crippen LogP contribution in [-0.4, -0.2) is 37.1 Å². The molecule has 0 saturated carbocycles. The van der Waals surface area contributed by atoms with Crippen LogP contribution in [0.3, 0.4) is 0 Å². The predicted molar refractivity (Wildman–Crippen MR) is 78.3 cm³/mol. The second-order valence-corrected chi connectivity index (χ2v) is 5.03. The lowest BCUT2D eigenvalue weighted by Crippen LogP contribution is -2.21. The number of fused-ring (bicyclic) bond motifs is 1. The van der Waals surface area contributed by atoms with Crippen LogP contribution < -0.4 is 5.32 Å². The van der Waals surface area contributed by atoms with Crippen LogP contribution in [-0.2, 0) is 0 Å². The highest BCUT2D eigenvalue weighted by atomic mass is 15.1. The molecule has 96 valence electrons. The van der Waals surface area contributed by atoms with Gasteiger partial charge in [0.1, 0.15) is 5.82 Å². The number of pyridine rings is 1. The first-order valence-electron chi connectivity index (χ1n) is 6.32. The minimum absolute atomic E-state index is 0.913. The molecule has 0 saturated heterocycles. The summed E-state index contributed by atoms with van der Waals surface area (Å²) in [6, 6.07) is 6.45. The second kappa shape index (κ2) is 5.36. The Morgan fingerprint density at radius 2 is 2.00 bits per heavy atom. The summed E-state index contributed by atoms with van der Waals surface area (Å²) in [5.74, 6) is 0.951. The van der Waals surface area contributed by atoms with Crippen molar-refractivity contribution in [3.05, 3.63) is 35.5 Å². The predicted octanol–water partition coefficient (Wildman–Crippen LogP) is 2.83. The Kier molecular flexibility index (Phi) is 3.82. The largest absolute Gasteiger partial charge is 0.369 e. The Labute approximate surface area is 109 Å². The molecule has 0 spiro atoms. The van der Waals surface area contributed by atoms with Gasteiger partial charge < -0.3 is 10.2 Å². The Balaban J connectivity index is 2.20. The molecule has 1 aromatic heterocycles. The summed E-state index contributed by atoms with van der Waals surface area (Å²) in [6.45, 7) is 6.21. The Morgan fingerprint density at radius 3 is 2.72 bits per heavy atom. The standard InChI is InChI=1S/C15H21N3/c1-11-5-6-13-9-15(16-7-8-18(3)4)17-10-14(13)12(11)2/h5-6,9-10H,7-8H2,1-4H3,(H,16,17). The third kappa shape index (κ3) is 2.79. The maximum Gasteiger partial charge on any atom is 0.126 e. The lowest BCUT2D eigenvalue weighted by atomic mass is 10.0. The zero-order valence-corrected chi connectivity index (χ0v) is 11.6. The fraction of sp³-hybridized carbons (Fsp3) is 0.400. The summed E-state index contributed by atoms with van der Waals surface area (Å²) in [6.07, 6.45) is 1.97. The summed E-state index contributed by atoms with van der Waals surface area (Å²) in [5.41, 5.74) is 2.64. The summed E-state index contributed by atoms with van der Waals surface area (Å²) >= 11 is 0. The van der Waals surface area contributed by atoms with Gasteiger partial charge in [-0.2, -0.15) is 0 Å². The van der Waals surface area contributed by atoms with Gasteiger partial charge in [-0.15, -0.1) is 0 Å². The van der Waals surface area contributed by atoms with Gasteiger partial charge in [0.2, 0.25) is 0 Å². The van der Waals surface area contributed by atoms with E-state index in [1.54, 1.807) is 0 Å². The molecule has 0 aliphatic carbocycles. The van der Waals surface area contributed by atoms with Crippen molar-refractivity contribution in [2.45, 2.75) is 13.8 Å². The molecule has 0 unspecified atom stereocenters. The molecule has 1 aromatic carbocycles. The topological polar surface area (TPSA) is 28.2 Å². The first-order valence-corrected chi connectivity index (χ1v) is 6.32. The number of hydrogen-bond donors (Lipinski definition) is 1. The van der Waals surface area contributed by atoms with Crippen molar-refractivity contribution in [1.82, 2.24) is 9.88 Å². The number of rotatable bonds is 4. The van der Waals surface area contributed by atoms with Gasteiger partial charge in [-0.25, -0.2) is 4.98 Å². The quantitative estimate of drug-likeness (QED) is 0.895. The van der Waals surface area contributed by atoms with Crippen LogP contribution in [0.2, 0.25) is 0 Å². The minimum Gasteiger partial charge on any atom is -0.369 e. The molecule has 0 atom stereocenters. The van der Waals surface area contributed by atoms with Crippen LogP contribution in [0.4, 0.5) is 5.82 Å². The highest BCUT2D eigenvalue weighted by Gasteiger charge is 2.02. The van der Waals surface area contributed by atoms with Gasteiger partial charge in [0, 0.05) is 24.7 Å². The third-order valence-corrected chi connectivity index (χ3v) is 3.31. The second-order valence-electron chi connectivity index (χ2n) is 5.03. The fourth-order valence-corrected chi connectivity index (χ4v) is 1.98. The Hall–Kier alpha value is -1.61. The number of nitrogens with zero attached hydrogens (tertiary/aromatic N) is 2. The number of likely N-dealkylation sites (N-methyl/N-ethyl adjacent to an activating group) is 1. The van der Waals surface area contributed by atoms with Gasteiger partial charge in [-0.1, -0.05) is 12.1 Å². The molecule has 0 aliphatic heterocycles. The zero-order valence-electron chi connectivity index (χ0n) is 11.6. The van der Waals surface area contributed by atoms with Crippen molar-refractivity contribution >= 4 is 16.6 Å². The highest BCUT2D eigenvalue weighted by molar-refractivity contribution is 5.87. The number of benzene rings is 1. The molecule has 2 aromatic rings. The summed E-state index contributed by atoms with van der Waals surface area (Å²) < 4.78 is 0. The molecule has 0 radical (unpaired) electrons. The van der Waals surface area contributed by atoms with Crippen molar-refractivity contribution in [2.75, 3.05) is 32.5 Å². The molecule has 0 amide bonds. The maximum atomic E-state index is 4.48. The van der Waals surface area contributed by atoms with E-state index in [1.165, 1.54) is 21.9 Å². The summed E-state index contributed by atoms with van der Waals surface area (Å²) in [5, 5.41) is 5.84. The van der Waals surface area contributed by atoms with Gasteiger partial charge in [0.25, 0.3) is 0 Å². The van der Waals surface area contributed by atoms with E-state index in [4.69, 9.17) is 0 Å². The Bertz CT molecular complexity index is 547. The normalized spacial score (nSPS) is 11.2. The number of anilines is 1. The van der Waals surface area contributed by atoms with E-state index in [0.717, 1.165) is 18.9 Å². The van der Waals surface area contributed by atoms with Gasteiger partial charge in [0.05, 0.1) is 0 Å². The Morgan fingerprint density at radius 1 is 1.22 bits per heavy atom.